The normalized spacial score (nSPS) is 13.4. The van der Waals surface area contributed by atoms with E-state index in [0.29, 0.717) is 12.2 Å². The molecule has 0 saturated heterocycles. The van der Waals surface area contributed by atoms with Crippen LogP contribution in [-0.2, 0) is 0 Å². The number of nitrogens with one attached hydrogen (secondary N) is 1. The molecule has 4 nitrogen and oxygen atoms in total. The van der Waals surface area contributed by atoms with Crippen molar-refractivity contribution in [3.05, 3.63) is 28.9 Å². The summed E-state index contributed by atoms with van der Waals surface area (Å²) in [5.74, 6) is 0. The Morgan fingerprint density at radius 1 is 1.38 bits per heavy atom. The summed E-state index contributed by atoms with van der Waals surface area (Å²) in [5.41, 5.74) is 8.41. The number of aromatic nitrogens is 1. The first kappa shape index (κ1) is 16.0. The lowest BCUT2D eigenvalue weighted by atomic mass is 9.89. The van der Waals surface area contributed by atoms with E-state index in [0.717, 1.165) is 27.5 Å². The van der Waals surface area contributed by atoms with Crippen LogP contribution >= 0.6 is 15.9 Å². The summed E-state index contributed by atoms with van der Waals surface area (Å²) < 4.78 is 0.973. The second-order valence-corrected chi connectivity index (χ2v) is 7.47. The third-order valence-corrected chi connectivity index (χ3v) is 3.72. The maximum absolute atomic E-state index is 10.1. The maximum Gasteiger partial charge on any atom is 0.0743 e. The fraction of sp³-hybridized carbons (Fsp3) is 0.438. The summed E-state index contributed by atoms with van der Waals surface area (Å²) in [6.45, 7) is 6.81. The fourth-order valence-corrected chi connectivity index (χ4v) is 2.74. The van der Waals surface area contributed by atoms with E-state index < -0.39 is 6.10 Å². The quantitative estimate of drug-likeness (QED) is 0.783. The maximum atomic E-state index is 10.1. The van der Waals surface area contributed by atoms with E-state index >= 15 is 0 Å². The van der Waals surface area contributed by atoms with E-state index in [-0.39, 0.29) is 5.41 Å². The number of benzene rings is 1. The van der Waals surface area contributed by atoms with Gasteiger partial charge in [-0.2, -0.15) is 0 Å². The first-order chi connectivity index (χ1) is 9.76. The van der Waals surface area contributed by atoms with E-state index in [1.54, 1.807) is 6.20 Å². The Balaban J connectivity index is 2.21. The van der Waals surface area contributed by atoms with Crippen LogP contribution in [-0.4, -0.2) is 22.7 Å². The van der Waals surface area contributed by atoms with Gasteiger partial charge in [0, 0.05) is 16.4 Å². The molecule has 0 radical (unpaired) electrons. The highest BCUT2D eigenvalue weighted by Gasteiger charge is 2.17. The molecule has 2 rings (SSSR count). The number of hydrogen-bond acceptors (Lipinski definition) is 4. The zero-order valence-corrected chi connectivity index (χ0v) is 14.2. The van der Waals surface area contributed by atoms with E-state index in [4.69, 9.17) is 5.73 Å². The average Bonchev–Trinajstić information content (AvgIpc) is 2.35. The summed E-state index contributed by atoms with van der Waals surface area (Å²) in [6, 6.07) is 5.87. The molecule has 0 aliphatic carbocycles. The van der Waals surface area contributed by atoms with Crippen molar-refractivity contribution in [1.29, 1.82) is 0 Å². The average molecular weight is 352 g/mol. The number of nitrogen functional groups attached to an aromatic ring is 1. The lowest BCUT2D eigenvalue weighted by Gasteiger charge is -2.23. The molecule has 2 aromatic rings. The van der Waals surface area contributed by atoms with Gasteiger partial charge in [-0.15, -0.1) is 0 Å². The number of hydrogen-bond donors (Lipinski definition) is 3. The van der Waals surface area contributed by atoms with Gasteiger partial charge in [-0.3, -0.25) is 4.98 Å². The minimum absolute atomic E-state index is 0.0932. The number of nitrogens with zero attached hydrogens (tertiary/aromatic N) is 1. The Morgan fingerprint density at radius 2 is 2.10 bits per heavy atom. The molecule has 1 aromatic carbocycles. The van der Waals surface area contributed by atoms with Crippen LogP contribution in [0.2, 0.25) is 0 Å². The zero-order chi connectivity index (χ0) is 15.6. The summed E-state index contributed by atoms with van der Waals surface area (Å²) in [7, 11) is 0. The SMILES string of the molecule is CC(C)(C)CC(O)CNc1c(N)cnc2ccc(Br)cc12. The lowest BCUT2D eigenvalue weighted by Crippen LogP contribution is -2.25. The standard InChI is InChI=1S/C16H22BrN3O/c1-16(2,3)7-11(21)8-20-15-12-6-10(17)4-5-14(12)19-9-13(15)18/h4-6,9,11,21H,7-8,18H2,1-3H3,(H,19,20). The number of rotatable bonds is 4. The molecule has 114 valence electrons. The highest BCUT2D eigenvalue weighted by molar-refractivity contribution is 9.10. The van der Waals surface area contributed by atoms with Crippen molar-refractivity contribution in [3.8, 4) is 0 Å². The molecule has 0 spiro atoms. The fourth-order valence-electron chi connectivity index (χ4n) is 2.38. The molecule has 1 heterocycles. The van der Waals surface area contributed by atoms with E-state index in [2.05, 4.69) is 47.0 Å². The van der Waals surface area contributed by atoms with Gasteiger partial charge in [0.1, 0.15) is 0 Å². The topological polar surface area (TPSA) is 71.2 Å². The first-order valence-corrected chi connectivity index (χ1v) is 7.81. The van der Waals surface area contributed by atoms with Crippen molar-refractivity contribution in [2.45, 2.75) is 33.3 Å². The number of pyridine rings is 1. The number of aliphatic hydroxyl groups is 1. The molecule has 21 heavy (non-hydrogen) atoms. The number of aliphatic hydroxyl groups excluding tert-OH is 1. The first-order valence-electron chi connectivity index (χ1n) is 7.02. The van der Waals surface area contributed by atoms with Gasteiger partial charge in [-0.1, -0.05) is 36.7 Å². The van der Waals surface area contributed by atoms with Crippen molar-refractivity contribution < 1.29 is 5.11 Å². The van der Waals surface area contributed by atoms with E-state index in [1.807, 2.05) is 18.2 Å². The van der Waals surface area contributed by atoms with Crippen LogP contribution in [0.3, 0.4) is 0 Å². The van der Waals surface area contributed by atoms with Crippen LogP contribution in [0.1, 0.15) is 27.2 Å². The molecule has 0 aliphatic rings. The smallest absolute Gasteiger partial charge is 0.0743 e. The molecule has 0 amide bonds. The van der Waals surface area contributed by atoms with Gasteiger partial charge in [-0.05, 0) is 30.0 Å². The van der Waals surface area contributed by atoms with Crippen LogP contribution in [0.5, 0.6) is 0 Å². The van der Waals surface area contributed by atoms with Crippen LogP contribution in [0.4, 0.5) is 11.4 Å². The van der Waals surface area contributed by atoms with Gasteiger partial charge in [0.25, 0.3) is 0 Å². The minimum Gasteiger partial charge on any atom is -0.396 e. The van der Waals surface area contributed by atoms with Crippen molar-refractivity contribution >= 4 is 38.2 Å². The highest BCUT2D eigenvalue weighted by Crippen LogP contribution is 2.30. The van der Waals surface area contributed by atoms with Crippen molar-refractivity contribution in [3.63, 3.8) is 0 Å². The van der Waals surface area contributed by atoms with Gasteiger partial charge in [0.15, 0.2) is 0 Å². The predicted molar refractivity (Wildman–Crippen MR) is 92.4 cm³/mol. The summed E-state index contributed by atoms with van der Waals surface area (Å²) in [6.07, 6.45) is 1.96. The number of halogens is 1. The summed E-state index contributed by atoms with van der Waals surface area (Å²) in [4.78, 5) is 4.32. The van der Waals surface area contributed by atoms with Gasteiger partial charge in [-0.25, -0.2) is 0 Å². The molecule has 4 N–H and O–H groups in total. The monoisotopic (exact) mass is 351 g/mol. The summed E-state index contributed by atoms with van der Waals surface area (Å²) >= 11 is 3.47. The van der Waals surface area contributed by atoms with Crippen LogP contribution in [0.25, 0.3) is 10.9 Å². The largest absolute Gasteiger partial charge is 0.396 e. The summed E-state index contributed by atoms with van der Waals surface area (Å²) in [5, 5.41) is 14.4. The molecule has 5 heteroatoms. The molecule has 1 aromatic heterocycles. The lowest BCUT2D eigenvalue weighted by molar-refractivity contribution is 0.132. The molecule has 1 atom stereocenters. The van der Waals surface area contributed by atoms with Gasteiger partial charge < -0.3 is 16.2 Å². The van der Waals surface area contributed by atoms with E-state index in [9.17, 15) is 5.11 Å². The van der Waals surface area contributed by atoms with Gasteiger partial charge in [0.2, 0.25) is 0 Å². The molecule has 0 saturated carbocycles. The molecule has 1 unspecified atom stereocenters. The van der Waals surface area contributed by atoms with Crippen LogP contribution in [0, 0.1) is 5.41 Å². The zero-order valence-electron chi connectivity index (χ0n) is 12.7. The number of fused-ring (bicyclic) bond motifs is 1. The van der Waals surface area contributed by atoms with E-state index in [1.165, 1.54) is 0 Å². The molecule has 0 fully saturated rings. The number of anilines is 2. The van der Waals surface area contributed by atoms with Crippen LogP contribution in [0.15, 0.2) is 28.9 Å². The Hall–Kier alpha value is -1.33. The highest BCUT2D eigenvalue weighted by atomic mass is 79.9. The number of nitrogens with two attached hydrogens (primary N) is 1. The minimum atomic E-state index is -0.417. The molecular weight excluding hydrogens is 330 g/mol. The second-order valence-electron chi connectivity index (χ2n) is 6.55. The second kappa shape index (κ2) is 6.20. The third-order valence-electron chi connectivity index (χ3n) is 3.22. The van der Waals surface area contributed by atoms with Crippen LogP contribution < -0.4 is 11.1 Å². The molecule has 0 bridgehead atoms. The van der Waals surface area contributed by atoms with Crippen molar-refractivity contribution in [1.82, 2.24) is 4.98 Å². The Bertz CT molecular complexity index is 632. The molecular formula is C16H22BrN3O. The molecule has 0 aliphatic heterocycles. The predicted octanol–water partition coefficient (Wildman–Crippen LogP) is 3.79. The van der Waals surface area contributed by atoms with Crippen molar-refractivity contribution in [2.24, 2.45) is 5.41 Å². The van der Waals surface area contributed by atoms with Crippen molar-refractivity contribution in [2.75, 3.05) is 17.6 Å². The Kier molecular flexibility index (Phi) is 4.74. The Labute approximate surface area is 133 Å². The Morgan fingerprint density at radius 3 is 2.76 bits per heavy atom. The van der Waals surface area contributed by atoms with Gasteiger partial charge >= 0.3 is 0 Å². The van der Waals surface area contributed by atoms with Gasteiger partial charge in [0.05, 0.1) is 29.2 Å². The third kappa shape index (κ3) is 4.32.